The number of Topliss-reactive ketones (excluding diaryl/α,β-unsaturated/α-hetero) is 1. The van der Waals surface area contributed by atoms with Crippen molar-refractivity contribution in [2.24, 2.45) is 5.92 Å². The summed E-state index contributed by atoms with van der Waals surface area (Å²) in [6.07, 6.45) is -5.58. The number of nitrogens with one attached hydrogen (secondary N) is 1. The van der Waals surface area contributed by atoms with Crippen LogP contribution in [0.5, 0.6) is 0 Å². The first-order valence-electron chi connectivity index (χ1n) is 8.95. The Morgan fingerprint density at radius 3 is 2.14 bits per heavy atom. The second kappa shape index (κ2) is 9.71. The van der Waals surface area contributed by atoms with Crippen molar-refractivity contribution >= 4 is 17.7 Å². The van der Waals surface area contributed by atoms with Gasteiger partial charge in [0.1, 0.15) is 11.5 Å². The molecule has 0 aliphatic carbocycles. The van der Waals surface area contributed by atoms with Gasteiger partial charge in [-0.3, -0.25) is 14.4 Å². The predicted molar refractivity (Wildman–Crippen MR) is 97.4 cm³/mol. The van der Waals surface area contributed by atoms with Gasteiger partial charge in [0.15, 0.2) is 5.78 Å². The number of halogens is 3. The molecule has 1 aromatic carbocycles. The third-order valence-corrected chi connectivity index (χ3v) is 3.85. The summed E-state index contributed by atoms with van der Waals surface area (Å²) in [7, 11) is 0. The number of carbonyl (C=O) groups excluding carboxylic acids is 3. The van der Waals surface area contributed by atoms with Gasteiger partial charge in [-0.1, -0.05) is 30.3 Å². The molecule has 1 rings (SSSR count). The molecular formula is C20H26F3NO4. The fourth-order valence-electron chi connectivity index (χ4n) is 2.43. The number of hydrogen-bond acceptors (Lipinski definition) is 4. The van der Waals surface area contributed by atoms with Crippen LogP contribution in [-0.2, 0) is 25.5 Å². The molecule has 156 valence electrons. The summed E-state index contributed by atoms with van der Waals surface area (Å²) in [5, 5.41) is 2.07. The summed E-state index contributed by atoms with van der Waals surface area (Å²) in [6.45, 7) is 5.87. The first kappa shape index (κ1) is 23.7. The number of esters is 1. The highest BCUT2D eigenvalue weighted by Gasteiger charge is 2.47. The topological polar surface area (TPSA) is 72.5 Å². The Balaban J connectivity index is 2.67. The molecule has 1 unspecified atom stereocenters. The molecule has 1 amide bonds. The van der Waals surface area contributed by atoms with Crippen LogP contribution in [0.2, 0.25) is 0 Å². The maximum absolute atomic E-state index is 13.2. The molecule has 0 aliphatic rings. The van der Waals surface area contributed by atoms with Crippen LogP contribution in [0.1, 0.15) is 46.1 Å². The van der Waals surface area contributed by atoms with Crippen LogP contribution in [0.3, 0.4) is 0 Å². The van der Waals surface area contributed by atoms with Crippen molar-refractivity contribution in [1.29, 1.82) is 0 Å². The van der Waals surface area contributed by atoms with Gasteiger partial charge in [0.05, 0.1) is 12.5 Å². The first-order chi connectivity index (χ1) is 12.8. The van der Waals surface area contributed by atoms with Gasteiger partial charge in [-0.15, -0.1) is 0 Å². The number of alkyl halides is 3. The quantitative estimate of drug-likeness (QED) is 0.676. The molecular weight excluding hydrogens is 375 g/mol. The van der Waals surface area contributed by atoms with Crippen molar-refractivity contribution in [1.82, 2.24) is 5.32 Å². The molecule has 0 aromatic heterocycles. The first-order valence-corrected chi connectivity index (χ1v) is 8.95. The van der Waals surface area contributed by atoms with Crippen molar-refractivity contribution in [2.45, 2.75) is 64.8 Å². The van der Waals surface area contributed by atoms with Crippen LogP contribution in [-0.4, -0.2) is 35.5 Å². The number of amides is 1. The number of hydrogen-bond donors (Lipinski definition) is 1. The van der Waals surface area contributed by atoms with Gasteiger partial charge in [0, 0.05) is 6.42 Å². The largest absolute Gasteiger partial charge is 0.460 e. The van der Waals surface area contributed by atoms with Gasteiger partial charge in [0.2, 0.25) is 5.91 Å². The molecule has 0 bridgehead atoms. The van der Waals surface area contributed by atoms with E-state index in [1.54, 1.807) is 0 Å². The molecule has 0 spiro atoms. The number of ether oxygens (including phenoxy) is 1. The van der Waals surface area contributed by atoms with Gasteiger partial charge >= 0.3 is 12.1 Å². The highest BCUT2D eigenvalue weighted by atomic mass is 19.4. The number of benzene rings is 1. The van der Waals surface area contributed by atoms with Gasteiger partial charge in [-0.2, -0.15) is 13.2 Å². The summed E-state index contributed by atoms with van der Waals surface area (Å²) in [5.41, 5.74) is -0.0582. The molecule has 0 aliphatic heterocycles. The van der Waals surface area contributed by atoms with Crippen LogP contribution in [0.4, 0.5) is 13.2 Å². The lowest BCUT2D eigenvalue weighted by Gasteiger charge is -2.24. The standard InChI is InChI=1S/C20H26F3NO4/c1-13(16(25)11-10-14-8-6-5-7-9-14)24-18(27)15(20(21,22)23)12-17(26)28-19(2,3)4/h5-9,13,15H,10-12H2,1-4H3,(H,24,27)/t13-,15?/m0/s1. The fourth-order valence-corrected chi connectivity index (χ4v) is 2.43. The SMILES string of the molecule is C[C@H](NC(=O)C(CC(=O)OC(C)(C)C)C(F)(F)F)C(=O)CCc1ccccc1. The molecule has 0 heterocycles. The second-order valence-electron chi connectivity index (χ2n) is 7.57. The van der Waals surface area contributed by atoms with Crippen molar-refractivity contribution in [2.75, 3.05) is 0 Å². The molecule has 0 saturated carbocycles. The molecule has 28 heavy (non-hydrogen) atoms. The van der Waals surface area contributed by atoms with E-state index in [0.29, 0.717) is 6.42 Å². The summed E-state index contributed by atoms with van der Waals surface area (Å²) in [4.78, 5) is 36.0. The zero-order valence-corrected chi connectivity index (χ0v) is 16.4. The van der Waals surface area contributed by atoms with Gasteiger partial charge in [0.25, 0.3) is 0 Å². The van der Waals surface area contributed by atoms with Crippen molar-refractivity contribution in [3.05, 3.63) is 35.9 Å². The highest BCUT2D eigenvalue weighted by molar-refractivity contribution is 5.91. The Kier molecular flexibility index (Phi) is 8.20. The second-order valence-corrected chi connectivity index (χ2v) is 7.57. The van der Waals surface area contributed by atoms with Crippen molar-refractivity contribution < 1.29 is 32.3 Å². The normalized spacial score (nSPS) is 14.1. The molecule has 2 atom stereocenters. The predicted octanol–water partition coefficient (Wildman–Crippen LogP) is 3.60. The van der Waals surface area contributed by atoms with Crippen LogP contribution < -0.4 is 5.32 Å². The third-order valence-electron chi connectivity index (χ3n) is 3.85. The average molecular weight is 401 g/mol. The van der Waals surface area contributed by atoms with E-state index in [1.165, 1.54) is 27.7 Å². The van der Waals surface area contributed by atoms with E-state index in [4.69, 9.17) is 4.74 Å². The number of ketones is 1. The lowest BCUT2D eigenvalue weighted by Crippen LogP contribution is -2.47. The van der Waals surface area contributed by atoms with Crippen LogP contribution >= 0.6 is 0 Å². The summed E-state index contributed by atoms with van der Waals surface area (Å²) in [5.74, 6) is -5.52. The Hall–Kier alpha value is -2.38. The third kappa shape index (κ3) is 8.54. The van der Waals surface area contributed by atoms with E-state index in [-0.39, 0.29) is 6.42 Å². The monoisotopic (exact) mass is 401 g/mol. The lowest BCUT2D eigenvalue weighted by molar-refractivity contribution is -0.192. The van der Waals surface area contributed by atoms with Gasteiger partial charge in [-0.25, -0.2) is 0 Å². The highest BCUT2D eigenvalue weighted by Crippen LogP contribution is 2.30. The van der Waals surface area contributed by atoms with E-state index in [1.807, 2.05) is 30.3 Å². The molecule has 5 nitrogen and oxygen atoms in total. The zero-order chi connectivity index (χ0) is 21.5. The summed E-state index contributed by atoms with van der Waals surface area (Å²) < 4.78 is 44.6. The van der Waals surface area contributed by atoms with Gasteiger partial charge in [-0.05, 0) is 39.7 Å². The fraction of sp³-hybridized carbons (Fsp3) is 0.550. The van der Waals surface area contributed by atoms with Crippen LogP contribution in [0.25, 0.3) is 0 Å². The molecule has 8 heteroatoms. The van der Waals surface area contributed by atoms with E-state index >= 15 is 0 Å². The Bertz CT molecular complexity index is 681. The van der Waals surface area contributed by atoms with E-state index in [9.17, 15) is 27.6 Å². The number of aryl methyl sites for hydroxylation is 1. The van der Waals surface area contributed by atoms with E-state index in [2.05, 4.69) is 5.32 Å². The molecule has 0 fully saturated rings. The minimum atomic E-state index is -4.94. The zero-order valence-electron chi connectivity index (χ0n) is 16.4. The number of rotatable bonds is 8. The van der Waals surface area contributed by atoms with Gasteiger partial charge < -0.3 is 10.1 Å². The summed E-state index contributed by atoms with van der Waals surface area (Å²) in [6, 6.07) is 8.02. The summed E-state index contributed by atoms with van der Waals surface area (Å²) >= 11 is 0. The Morgan fingerprint density at radius 2 is 1.64 bits per heavy atom. The van der Waals surface area contributed by atoms with Crippen LogP contribution in [0, 0.1) is 5.92 Å². The number of carbonyl (C=O) groups is 3. The van der Waals surface area contributed by atoms with Crippen molar-refractivity contribution in [3.63, 3.8) is 0 Å². The maximum atomic E-state index is 13.2. The Labute approximate surface area is 162 Å². The molecule has 0 radical (unpaired) electrons. The maximum Gasteiger partial charge on any atom is 0.401 e. The van der Waals surface area contributed by atoms with Crippen LogP contribution in [0.15, 0.2) is 30.3 Å². The minimum absolute atomic E-state index is 0.0776. The average Bonchev–Trinajstić information content (AvgIpc) is 2.55. The molecule has 0 saturated heterocycles. The van der Waals surface area contributed by atoms with E-state index < -0.39 is 47.8 Å². The Morgan fingerprint density at radius 1 is 1.07 bits per heavy atom. The minimum Gasteiger partial charge on any atom is -0.460 e. The molecule has 1 aromatic rings. The van der Waals surface area contributed by atoms with E-state index in [0.717, 1.165) is 5.56 Å². The van der Waals surface area contributed by atoms with Crippen molar-refractivity contribution in [3.8, 4) is 0 Å². The smallest absolute Gasteiger partial charge is 0.401 e. The molecule has 1 N–H and O–H groups in total. The lowest BCUT2D eigenvalue weighted by atomic mass is 10.0.